The Morgan fingerprint density at radius 2 is 1.38 bits per heavy atom. The Kier molecular flexibility index (Phi) is 8.09. The first-order valence-electron chi connectivity index (χ1n) is 9.36. The molecule has 0 saturated carbocycles. The number of carboxylic acid groups (broad SMARTS) is 1. The Balaban J connectivity index is 1.74. The molecule has 2 aromatic carbocycles. The standard InChI is InChI=1S/C22H24N2O5/c1-15(22(28)29)14-19(25)23-12-5-13-24-21(27)18-10-8-17(9-11-18)20(26)16-6-3-2-4-7-16/h2-4,6-11,15H,5,12-14H2,1H3,(H,23,25)(H,24,27)(H,28,29). The second-order valence-electron chi connectivity index (χ2n) is 6.68. The highest BCUT2D eigenvalue weighted by molar-refractivity contribution is 6.09. The second kappa shape index (κ2) is 10.8. The van der Waals surface area contributed by atoms with Crippen molar-refractivity contribution < 1.29 is 24.3 Å². The van der Waals surface area contributed by atoms with E-state index in [4.69, 9.17) is 5.11 Å². The number of carbonyl (C=O) groups excluding carboxylic acids is 3. The summed E-state index contributed by atoms with van der Waals surface area (Å²) in [5, 5.41) is 14.1. The average molecular weight is 396 g/mol. The van der Waals surface area contributed by atoms with Crippen LogP contribution in [0.5, 0.6) is 0 Å². The van der Waals surface area contributed by atoms with Crippen molar-refractivity contribution in [2.45, 2.75) is 19.8 Å². The third kappa shape index (κ3) is 6.88. The van der Waals surface area contributed by atoms with Gasteiger partial charge in [0.1, 0.15) is 0 Å². The average Bonchev–Trinajstić information content (AvgIpc) is 2.73. The molecule has 3 N–H and O–H groups in total. The predicted molar refractivity (Wildman–Crippen MR) is 108 cm³/mol. The van der Waals surface area contributed by atoms with Crippen molar-refractivity contribution in [2.24, 2.45) is 5.92 Å². The topological polar surface area (TPSA) is 113 Å². The zero-order valence-corrected chi connectivity index (χ0v) is 16.2. The van der Waals surface area contributed by atoms with Gasteiger partial charge in [0.2, 0.25) is 5.91 Å². The summed E-state index contributed by atoms with van der Waals surface area (Å²) in [7, 11) is 0. The van der Waals surface area contributed by atoms with Crippen LogP contribution in [0.25, 0.3) is 0 Å². The molecule has 29 heavy (non-hydrogen) atoms. The Morgan fingerprint density at radius 3 is 2.00 bits per heavy atom. The molecule has 7 heteroatoms. The lowest BCUT2D eigenvalue weighted by molar-refractivity contribution is -0.143. The van der Waals surface area contributed by atoms with Gasteiger partial charge in [-0.3, -0.25) is 19.2 Å². The molecule has 2 aromatic rings. The Hall–Kier alpha value is -3.48. The zero-order valence-electron chi connectivity index (χ0n) is 16.2. The lowest BCUT2D eigenvalue weighted by Gasteiger charge is -2.09. The maximum atomic E-state index is 12.4. The fourth-order valence-corrected chi connectivity index (χ4v) is 2.59. The molecule has 152 valence electrons. The molecule has 7 nitrogen and oxygen atoms in total. The molecule has 2 amide bonds. The first-order chi connectivity index (χ1) is 13.9. The molecule has 0 bridgehead atoms. The second-order valence-corrected chi connectivity index (χ2v) is 6.68. The summed E-state index contributed by atoms with van der Waals surface area (Å²) in [6.07, 6.45) is 0.444. The van der Waals surface area contributed by atoms with Gasteiger partial charge in [0, 0.05) is 36.2 Å². The van der Waals surface area contributed by atoms with Crippen LogP contribution in [0.1, 0.15) is 46.0 Å². The van der Waals surface area contributed by atoms with Crippen LogP contribution in [0, 0.1) is 5.92 Å². The van der Waals surface area contributed by atoms with Crippen molar-refractivity contribution in [3.8, 4) is 0 Å². The molecule has 0 fully saturated rings. The van der Waals surface area contributed by atoms with E-state index in [0.717, 1.165) is 0 Å². The van der Waals surface area contributed by atoms with Gasteiger partial charge < -0.3 is 15.7 Å². The van der Waals surface area contributed by atoms with Crippen LogP contribution in [0.4, 0.5) is 0 Å². The zero-order chi connectivity index (χ0) is 21.2. The molecule has 1 unspecified atom stereocenters. The van der Waals surface area contributed by atoms with Crippen LogP contribution in [-0.2, 0) is 9.59 Å². The Bertz CT molecular complexity index is 863. The number of nitrogens with one attached hydrogen (secondary N) is 2. The molecule has 0 aromatic heterocycles. The number of carboxylic acids is 1. The van der Waals surface area contributed by atoms with E-state index in [0.29, 0.717) is 36.2 Å². The van der Waals surface area contributed by atoms with Gasteiger partial charge in [-0.2, -0.15) is 0 Å². The van der Waals surface area contributed by atoms with Gasteiger partial charge in [0.15, 0.2) is 5.78 Å². The number of rotatable bonds is 10. The van der Waals surface area contributed by atoms with Crippen LogP contribution in [0.3, 0.4) is 0 Å². The first kappa shape index (κ1) is 21.8. The summed E-state index contributed by atoms with van der Waals surface area (Å²) in [5.74, 6) is -2.44. The highest BCUT2D eigenvalue weighted by Crippen LogP contribution is 2.11. The highest BCUT2D eigenvalue weighted by atomic mass is 16.4. The monoisotopic (exact) mass is 396 g/mol. The van der Waals surface area contributed by atoms with E-state index in [1.165, 1.54) is 6.92 Å². The molecule has 0 aliphatic carbocycles. The van der Waals surface area contributed by atoms with Crippen molar-refractivity contribution in [3.63, 3.8) is 0 Å². The van der Waals surface area contributed by atoms with Gasteiger partial charge in [-0.15, -0.1) is 0 Å². The number of carbonyl (C=O) groups is 4. The molecule has 0 spiro atoms. The number of ketones is 1. The maximum Gasteiger partial charge on any atom is 0.306 e. The van der Waals surface area contributed by atoms with Gasteiger partial charge >= 0.3 is 5.97 Å². The summed E-state index contributed by atoms with van der Waals surface area (Å²) in [6, 6.07) is 15.3. The summed E-state index contributed by atoms with van der Waals surface area (Å²) < 4.78 is 0. The quantitative estimate of drug-likeness (QED) is 0.421. The Labute approximate surface area is 169 Å². The number of amides is 2. The molecule has 0 aliphatic rings. The maximum absolute atomic E-state index is 12.4. The van der Waals surface area contributed by atoms with E-state index >= 15 is 0 Å². The normalized spacial score (nSPS) is 11.3. The van der Waals surface area contributed by atoms with Gasteiger partial charge in [-0.05, 0) is 18.6 Å². The van der Waals surface area contributed by atoms with Crippen LogP contribution >= 0.6 is 0 Å². The molecular weight excluding hydrogens is 372 g/mol. The lowest BCUT2D eigenvalue weighted by atomic mass is 10.0. The summed E-state index contributed by atoms with van der Waals surface area (Å²) in [4.78, 5) is 46.8. The molecule has 2 rings (SSSR count). The van der Waals surface area contributed by atoms with E-state index in [9.17, 15) is 19.2 Å². The number of hydrogen-bond acceptors (Lipinski definition) is 4. The first-order valence-corrected chi connectivity index (χ1v) is 9.36. The van der Waals surface area contributed by atoms with Crippen LogP contribution in [-0.4, -0.2) is 41.8 Å². The van der Waals surface area contributed by atoms with Crippen LogP contribution in [0.15, 0.2) is 54.6 Å². The Morgan fingerprint density at radius 1 is 0.828 bits per heavy atom. The van der Waals surface area contributed by atoms with E-state index < -0.39 is 11.9 Å². The van der Waals surface area contributed by atoms with Crippen molar-refractivity contribution in [1.82, 2.24) is 10.6 Å². The van der Waals surface area contributed by atoms with Crippen molar-refractivity contribution in [2.75, 3.05) is 13.1 Å². The van der Waals surface area contributed by atoms with Gasteiger partial charge in [0.05, 0.1) is 5.92 Å². The van der Waals surface area contributed by atoms with Gasteiger partial charge in [-0.1, -0.05) is 49.4 Å². The highest BCUT2D eigenvalue weighted by Gasteiger charge is 2.15. The van der Waals surface area contributed by atoms with Crippen molar-refractivity contribution >= 4 is 23.6 Å². The van der Waals surface area contributed by atoms with Crippen molar-refractivity contribution in [3.05, 3.63) is 71.3 Å². The smallest absolute Gasteiger partial charge is 0.306 e. The SMILES string of the molecule is CC(CC(=O)NCCCNC(=O)c1ccc(C(=O)c2ccccc2)cc1)C(=O)O. The number of hydrogen-bond donors (Lipinski definition) is 3. The number of aliphatic carboxylic acids is 1. The minimum atomic E-state index is -1.01. The van der Waals surface area contributed by atoms with E-state index in [2.05, 4.69) is 10.6 Å². The minimum Gasteiger partial charge on any atom is -0.481 e. The largest absolute Gasteiger partial charge is 0.481 e. The fourth-order valence-electron chi connectivity index (χ4n) is 2.59. The van der Waals surface area contributed by atoms with Gasteiger partial charge in [-0.25, -0.2) is 0 Å². The lowest BCUT2D eigenvalue weighted by Crippen LogP contribution is -2.31. The number of benzene rings is 2. The third-order valence-electron chi connectivity index (χ3n) is 4.32. The molecule has 1 atom stereocenters. The third-order valence-corrected chi connectivity index (χ3v) is 4.32. The van der Waals surface area contributed by atoms with E-state index in [-0.39, 0.29) is 24.0 Å². The molecule has 0 aliphatic heterocycles. The minimum absolute atomic E-state index is 0.0737. The molecule has 0 saturated heterocycles. The summed E-state index contributed by atoms with van der Waals surface area (Å²) in [6.45, 7) is 2.18. The molecule has 0 heterocycles. The molecule has 0 radical (unpaired) electrons. The van der Waals surface area contributed by atoms with Crippen LogP contribution in [0.2, 0.25) is 0 Å². The van der Waals surface area contributed by atoms with Crippen molar-refractivity contribution in [1.29, 1.82) is 0 Å². The molecular formula is C22H24N2O5. The summed E-state index contributed by atoms with van der Waals surface area (Å²) >= 11 is 0. The fraction of sp³-hybridized carbons (Fsp3) is 0.273. The van der Waals surface area contributed by atoms with E-state index in [1.54, 1.807) is 48.5 Å². The van der Waals surface area contributed by atoms with Crippen LogP contribution < -0.4 is 10.6 Å². The van der Waals surface area contributed by atoms with E-state index in [1.807, 2.05) is 6.07 Å². The predicted octanol–water partition coefficient (Wildman–Crippen LogP) is 2.26. The summed E-state index contributed by atoms with van der Waals surface area (Å²) in [5.41, 5.74) is 1.53. The van der Waals surface area contributed by atoms with Gasteiger partial charge in [0.25, 0.3) is 5.91 Å².